The van der Waals surface area contributed by atoms with E-state index < -0.39 is 0 Å². The highest BCUT2D eigenvalue weighted by molar-refractivity contribution is 5.34. The Morgan fingerprint density at radius 3 is 3.00 bits per heavy atom. The fourth-order valence-corrected chi connectivity index (χ4v) is 0.690. The van der Waals surface area contributed by atoms with Crippen molar-refractivity contribution in [2.45, 2.75) is 0 Å². The number of hydrogen-bond acceptors (Lipinski definition) is 3. The van der Waals surface area contributed by atoms with Crippen LogP contribution in [0.2, 0.25) is 0 Å². The van der Waals surface area contributed by atoms with E-state index in [-0.39, 0.29) is 6.61 Å². The standard InChI is InChI=1S/C6H11N3O/c7-6-1-3-9(5-6)8-2-4-10/h1,3,5,8,10H,2,4,7H2. The molecule has 0 unspecified atom stereocenters. The highest BCUT2D eigenvalue weighted by Gasteiger charge is 1.88. The first-order valence-corrected chi connectivity index (χ1v) is 3.11. The number of nitrogens with one attached hydrogen (secondary N) is 1. The molecule has 4 heteroatoms. The molecule has 0 aliphatic rings. The summed E-state index contributed by atoms with van der Waals surface area (Å²) >= 11 is 0. The van der Waals surface area contributed by atoms with Gasteiger partial charge in [-0.2, -0.15) is 0 Å². The number of nitrogens with zero attached hydrogens (tertiary/aromatic N) is 1. The Labute approximate surface area is 59.2 Å². The third kappa shape index (κ3) is 1.66. The molecule has 0 radical (unpaired) electrons. The van der Waals surface area contributed by atoms with E-state index in [1.807, 2.05) is 0 Å². The van der Waals surface area contributed by atoms with Gasteiger partial charge in [0, 0.05) is 12.4 Å². The van der Waals surface area contributed by atoms with E-state index in [9.17, 15) is 0 Å². The first-order chi connectivity index (χ1) is 4.83. The van der Waals surface area contributed by atoms with E-state index in [2.05, 4.69) is 5.43 Å². The predicted molar refractivity (Wildman–Crippen MR) is 40.2 cm³/mol. The molecule has 0 saturated heterocycles. The van der Waals surface area contributed by atoms with Crippen LogP contribution in [0.5, 0.6) is 0 Å². The van der Waals surface area contributed by atoms with Crippen LogP contribution in [-0.2, 0) is 0 Å². The van der Waals surface area contributed by atoms with Crippen molar-refractivity contribution in [2.24, 2.45) is 0 Å². The molecule has 0 aliphatic heterocycles. The van der Waals surface area contributed by atoms with Crippen LogP contribution in [0.3, 0.4) is 0 Å². The summed E-state index contributed by atoms with van der Waals surface area (Å²) < 4.78 is 1.71. The van der Waals surface area contributed by atoms with Crippen molar-refractivity contribution in [1.29, 1.82) is 0 Å². The molecule has 0 aromatic carbocycles. The molecule has 0 saturated carbocycles. The average Bonchev–Trinajstić information content (AvgIpc) is 2.31. The third-order valence-corrected chi connectivity index (χ3v) is 1.12. The minimum Gasteiger partial charge on any atom is -0.397 e. The van der Waals surface area contributed by atoms with Crippen molar-refractivity contribution in [1.82, 2.24) is 4.68 Å². The van der Waals surface area contributed by atoms with Gasteiger partial charge in [0.1, 0.15) is 0 Å². The summed E-state index contributed by atoms with van der Waals surface area (Å²) in [5.41, 5.74) is 9.04. The molecule has 4 nitrogen and oxygen atoms in total. The van der Waals surface area contributed by atoms with Gasteiger partial charge in [0.15, 0.2) is 0 Å². The predicted octanol–water partition coefficient (Wildman–Crippen LogP) is -0.394. The second-order valence-electron chi connectivity index (χ2n) is 1.98. The van der Waals surface area contributed by atoms with Gasteiger partial charge in [0.2, 0.25) is 0 Å². The van der Waals surface area contributed by atoms with E-state index >= 15 is 0 Å². The SMILES string of the molecule is Nc1ccn(NCCO)c1. The summed E-state index contributed by atoms with van der Waals surface area (Å²) in [4.78, 5) is 0. The monoisotopic (exact) mass is 141 g/mol. The fourth-order valence-electron chi connectivity index (χ4n) is 0.690. The summed E-state index contributed by atoms with van der Waals surface area (Å²) in [6.07, 6.45) is 3.54. The van der Waals surface area contributed by atoms with Gasteiger partial charge in [-0.25, -0.2) is 0 Å². The average molecular weight is 141 g/mol. The molecule has 1 aromatic rings. The summed E-state index contributed by atoms with van der Waals surface area (Å²) in [6, 6.07) is 1.78. The molecule has 0 aliphatic carbocycles. The first kappa shape index (κ1) is 6.95. The number of rotatable bonds is 3. The Morgan fingerprint density at radius 2 is 2.50 bits per heavy atom. The van der Waals surface area contributed by atoms with Crippen LogP contribution in [0.15, 0.2) is 18.5 Å². The quantitative estimate of drug-likeness (QED) is 0.537. The maximum Gasteiger partial charge on any atom is 0.0620 e. The van der Waals surface area contributed by atoms with Crippen LogP contribution in [0.4, 0.5) is 5.69 Å². The van der Waals surface area contributed by atoms with Crippen LogP contribution in [0, 0.1) is 0 Å². The Morgan fingerprint density at radius 1 is 1.70 bits per heavy atom. The lowest BCUT2D eigenvalue weighted by molar-refractivity contribution is 0.307. The maximum atomic E-state index is 8.43. The minimum absolute atomic E-state index is 0.123. The van der Waals surface area contributed by atoms with Crippen LogP contribution in [0.1, 0.15) is 0 Å². The second-order valence-corrected chi connectivity index (χ2v) is 1.98. The summed E-state index contributed by atoms with van der Waals surface area (Å²) in [5, 5.41) is 8.43. The van der Waals surface area contributed by atoms with Gasteiger partial charge < -0.3 is 16.3 Å². The zero-order chi connectivity index (χ0) is 7.40. The van der Waals surface area contributed by atoms with Crippen LogP contribution < -0.4 is 11.2 Å². The number of nitrogen functional groups attached to an aromatic ring is 1. The number of hydrogen-bond donors (Lipinski definition) is 3. The van der Waals surface area contributed by atoms with Crippen molar-refractivity contribution in [3.63, 3.8) is 0 Å². The van der Waals surface area contributed by atoms with Crippen molar-refractivity contribution < 1.29 is 5.11 Å². The lowest BCUT2D eigenvalue weighted by atomic mass is 10.6. The minimum atomic E-state index is 0.123. The smallest absolute Gasteiger partial charge is 0.0620 e. The normalized spacial score (nSPS) is 9.70. The zero-order valence-corrected chi connectivity index (χ0v) is 5.62. The summed E-state index contributed by atoms with van der Waals surface area (Å²) in [5.74, 6) is 0. The number of aliphatic hydroxyl groups excluding tert-OH is 1. The number of aromatic nitrogens is 1. The molecule has 0 bridgehead atoms. The van der Waals surface area contributed by atoms with Gasteiger partial charge in [-0.05, 0) is 6.07 Å². The maximum absolute atomic E-state index is 8.43. The van der Waals surface area contributed by atoms with Crippen molar-refractivity contribution in [3.8, 4) is 0 Å². The highest BCUT2D eigenvalue weighted by Crippen LogP contribution is 1.98. The molecule has 1 rings (SSSR count). The number of aliphatic hydroxyl groups is 1. The first-order valence-electron chi connectivity index (χ1n) is 3.11. The van der Waals surface area contributed by atoms with Gasteiger partial charge in [0.25, 0.3) is 0 Å². The molecule has 1 aromatic heterocycles. The molecule has 0 spiro atoms. The second kappa shape index (κ2) is 3.12. The molecule has 10 heavy (non-hydrogen) atoms. The molecular weight excluding hydrogens is 130 g/mol. The van der Waals surface area contributed by atoms with Gasteiger partial charge in [-0.1, -0.05) is 0 Å². The van der Waals surface area contributed by atoms with Crippen LogP contribution in [0.25, 0.3) is 0 Å². The van der Waals surface area contributed by atoms with Crippen molar-refractivity contribution in [3.05, 3.63) is 18.5 Å². The lowest BCUT2D eigenvalue weighted by Gasteiger charge is -2.03. The van der Waals surface area contributed by atoms with Crippen LogP contribution >= 0.6 is 0 Å². The lowest BCUT2D eigenvalue weighted by Crippen LogP contribution is -2.16. The Kier molecular flexibility index (Phi) is 2.17. The summed E-state index contributed by atoms with van der Waals surface area (Å²) in [7, 11) is 0. The Bertz CT molecular complexity index is 197. The molecule has 0 amide bonds. The topological polar surface area (TPSA) is 63.2 Å². The van der Waals surface area contributed by atoms with Gasteiger partial charge in [-0.3, -0.25) is 4.68 Å². The van der Waals surface area contributed by atoms with E-state index in [1.165, 1.54) is 0 Å². The van der Waals surface area contributed by atoms with Gasteiger partial charge >= 0.3 is 0 Å². The largest absolute Gasteiger partial charge is 0.397 e. The Balaban J connectivity index is 2.42. The van der Waals surface area contributed by atoms with Crippen LogP contribution in [-0.4, -0.2) is 22.9 Å². The molecule has 0 fully saturated rings. The number of nitrogens with two attached hydrogens (primary N) is 1. The van der Waals surface area contributed by atoms with Crippen molar-refractivity contribution >= 4 is 5.69 Å². The highest BCUT2D eigenvalue weighted by atomic mass is 16.3. The molecule has 0 atom stereocenters. The van der Waals surface area contributed by atoms with Gasteiger partial charge in [-0.15, -0.1) is 0 Å². The molecular formula is C6H11N3O. The summed E-state index contributed by atoms with van der Waals surface area (Å²) in [6.45, 7) is 0.659. The zero-order valence-electron chi connectivity index (χ0n) is 5.62. The van der Waals surface area contributed by atoms with E-state index in [4.69, 9.17) is 10.8 Å². The van der Waals surface area contributed by atoms with Crippen molar-refractivity contribution in [2.75, 3.05) is 24.3 Å². The number of anilines is 1. The van der Waals surface area contributed by atoms with E-state index in [1.54, 1.807) is 23.1 Å². The Hall–Kier alpha value is -1.16. The molecule has 1 heterocycles. The van der Waals surface area contributed by atoms with E-state index in [0.717, 1.165) is 0 Å². The molecule has 56 valence electrons. The fraction of sp³-hybridized carbons (Fsp3) is 0.333. The third-order valence-electron chi connectivity index (χ3n) is 1.12. The molecule has 4 N–H and O–H groups in total. The van der Waals surface area contributed by atoms with Gasteiger partial charge in [0.05, 0.1) is 18.8 Å². The van der Waals surface area contributed by atoms with E-state index in [0.29, 0.717) is 12.2 Å².